The third-order valence-electron chi connectivity index (χ3n) is 11.8. The molecule has 0 spiro atoms. The standard InChI is InChI=1S/C50H49Cl4N7O6S2/c1-49(41-23-37(27-55)46(44(53)25-41)66-21-18-51,39-10-5-34(6-11-39)36-9-14-43(57-32-36)15-20-60-68(3,62)63)16-17-50(2,42-24-38(28-56)47(45(54)26-42)67-22-19-52)40-12-7-35(8-13-40)48-58-29-33(30-59-48)31-61-69(4,64)65/h5-14,23-26,29-30,32,60-61H,15-22,31H2,1-4H3. The first-order chi connectivity index (χ1) is 32.8. The Labute approximate surface area is 423 Å². The van der Waals surface area contributed by atoms with Gasteiger partial charge in [-0.1, -0.05) is 91.6 Å². The van der Waals surface area contributed by atoms with E-state index in [1.165, 1.54) is 0 Å². The molecule has 0 amide bonds. The second-order valence-electron chi connectivity index (χ2n) is 16.7. The third kappa shape index (κ3) is 13.5. The quantitative estimate of drug-likeness (QED) is 0.0614. The van der Waals surface area contributed by atoms with Crippen LogP contribution < -0.4 is 18.9 Å². The molecule has 0 saturated heterocycles. The highest BCUT2D eigenvalue weighted by Gasteiger charge is 2.37. The zero-order valence-electron chi connectivity index (χ0n) is 38.2. The summed E-state index contributed by atoms with van der Waals surface area (Å²) in [6, 6.07) is 31.4. The molecular weight excluding hydrogens is 1000 g/mol. The van der Waals surface area contributed by atoms with Gasteiger partial charge in [-0.2, -0.15) is 10.5 Å². The smallest absolute Gasteiger partial charge is 0.209 e. The van der Waals surface area contributed by atoms with Gasteiger partial charge in [-0.3, -0.25) is 4.98 Å². The van der Waals surface area contributed by atoms with Crippen LogP contribution in [0.3, 0.4) is 0 Å². The van der Waals surface area contributed by atoms with Crippen LogP contribution in [0.5, 0.6) is 11.5 Å². The summed E-state index contributed by atoms with van der Waals surface area (Å²) in [4.78, 5) is 13.6. The number of benzene rings is 4. The lowest BCUT2D eigenvalue weighted by molar-refractivity contribution is 0.341. The largest absolute Gasteiger partial charge is 0.489 e. The molecule has 6 aromatic rings. The van der Waals surface area contributed by atoms with E-state index >= 15 is 0 Å². The second-order valence-corrected chi connectivity index (χ2v) is 22.0. The van der Waals surface area contributed by atoms with Gasteiger partial charge in [0, 0.05) is 71.3 Å². The van der Waals surface area contributed by atoms with Crippen molar-refractivity contribution in [3.63, 3.8) is 0 Å². The first-order valence-electron chi connectivity index (χ1n) is 21.5. The Morgan fingerprint density at radius 3 is 1.49 bits per heavy atom. The lowest BCUT2D eigenvalue weighted by atomic mass is 9.65. The summed E-state index contributed by atoms with van der Waals surface area (Å²) in [6.45, 7) is 4.78. The Hall–Kier alpha value is -5.33. The maximum Gasteiger partial charge on any atom is 0.209 e. The number of aromatic nitrogens is 3. The SMILES string of the molecule is CC(CCC(C)(c1ccc(-c2ncc(CNS(C)(=O)=O)cn2)cc1)c1cc(Cl)c(OCCCl)c(C#N)c1)(c1ccc(-c2ccc(CCNS(C)(=O)=O)nc2)cc1)c1cc(Cl)c(OCCCl)c(C#N)c1. The second kappa shape index (κ2) is 23.1. The summed E-state index contributed by atoms with van der Waals surface area (Å²) >= 11 is 25.8. The van der Waals surface area contributed by atoms with Crippen molar-refractivity contribution in [2.24, 2.45) is 0 Å². The van der Waals surface area contributed by atoms with Crippen LogP contribution in [-0.2, 0) is 43.8 Å². The highest BCUT2D eigenvalue weighted by atomic mass is 35.5. The molecule has 2 atom stereocenters. The fraction of sp³-hybridized carbons (Fsp3) is 0.300. The fourth-order valence-electron chi connectivity index (χ4n) is 7.91. The van der Waals surface area contributed by atoms with E-state index in [1.54, 1.807) is 30.7 Å². The maximum atomic E-state index is 11.6. The van der Waals surface area contributed by atoms with Gasteiger partial charge in [0.15, 0.2) is 17.3 Å². The first-order valence-corrected chi connectivity index (χ1v) is 27.1. The van der Waals surface area contributed by atoms with E-state index in [2.05, 4.69) is 50.4 Å². The van der Waals surface area contributed by atoms with Gasteiger partial charge in [0.2, 0.25) is 20.0 Å². The van der Waals surface area contributed by atoms with Crippen molar-refractivity contribution in [2.45, 2.75) is 50.5 Å². The van der Waals surface area contributed by atoms with Gasteiger partial charge in [0.1, 0.15) is 25.4 Å². The number of nitriles is 2. The minimum Gasteiger partial charge on any atom is -0.489 e. The number of nitrogens with one attached hydrogen (secondary N) is 2. The van der Waals surface area contributed by atoms with Gasteiger partial charge in [0.25, 0.3) is 0 Å². The molecule has 2 N–H and O–H groups in total. The van der Waals surface area contributed by atoms with E-state index in [9.17, 15) is 27.4 Å². The van der Waals surface area contributed by atoms with Crippen molar-refractivity contribution >= 4 is 66.5 Å². The Balaban J connectivity index is 1.43. The summed E-state index contributed by atoms with van der Waals surface area (Å²) in [5.74, 6) is 1.32. The number of hydrogen-bond acceptors (Lipinski definition) is 11. The maximum absolute atomic E-state index is 11.6. The van der Waals surface area contributed by atoms with Gasteiger partial charge >= 0.3 is 0 Å². The normalized spacial score (nSPS) is 13.4. The molecule has 0 aliphatic rings. The van der Waals surface area contributed by atoms with E-state index in [4.69, 9.17) is 55.9 Å². The van der Waals surface area contributed by atoms with E-state index in [0.717, 1.165) is 57.1 Å². The van der Waals surface area contributed by atoms with Crippen LogP contribution in [0.15, 0.2) is 104 Å². The molecule has 0 aliphatic carbocycles. The molecule has 2 heterocycles. The van der Waals surface area contributed by atoms with Gasteiger partial charge in [-0.15, -0.1) is 23.2 Å². The van der Waals surface area contributed by atoms with Crippen molar-refractivity contribution in [3.8, 4) is 46.2 Å². The Morgan fingerprint density at radius 1 is 0.609 bits per heavy atom. The van der Waals surface area contributed by atoms with E-state index in [1.807, 2.05) is 72.8 Å². The molecule has 19 heteroatoms. The molecule has 0 fully saturated rings. The Bertz CT molecular complexity index is 3080. The number of nitrogens with zero attached hydrogens (tertiary/aromatic N) is 5. The number of hydrogen-bond donors (Lipinski definition) is 2. The molecule has 2 unspecified atom stereocenters. The van der Waals surface area contributed by atoms with Crippen LogP contribution in [0.1, 0.15) is 71.3 Å². The first kappa shape index (κ1) is 53.0. The summed E-state index contributed by atoms with van der Waals surface area (Å²) < 4.78 is 63.0. The average molecular weight is 1050 g/mol. The lowest BCUT2D eigenvalue weighted by Crippen LogP contribution is -2.31. The van der Waals surface area contributed by atoms with Gasteiger partial charge in [-0.25, -0.2) is 36.2 Å². The molecule has 0 radical (unpaired) electrons. The minimum atomic E-state index is -3.40. The van der Waals surface area contributed by atoms with Crippen LogP contribution in [0, 0.1) is 22.7 Å². The number of alkyl halides is 2. The number of halogens is 4. The molecule has 13 nitrogen and oxygen atoms in total. The minimum absolute atomic E-state index is 0.0553. The highest BCUT2D eigenvalue weighted by Crippen LogP contribution is 2.47. The van der Waals surface area contributed by atoms with Gasteiger partial charge < -0.3 is 9.47 Å². The lowest BCUT2D eigenvalue weighted by Gasteiger charge is -2.38. The topological polar surface area (TPSA) is 197 Å². The van der Waals surface area contributed by atoms with Crippen LogP contribution >= 0.6 is 46.4 Å². The van der Waals surface area contributed by atoms with Gasteiger partial charge in [0.05, 0.1) is 45.4 Å². The summed E-state index contributed by atoms with van der Waals surface area (Å²) in [5.41, 5.74) is 6.00. The average Bonchev–Trinajstić information content (AvgIpc) is 3.33. The molecule has 0 aliphatic heterocycles. The number of pyridine rings is 1. The monoisotopic (exact) mass is 1050 g/mol. The summed E-state index contributed by atoms with van der Waals surface area (Å²) in [5, 5.41) is 21.3. The van der Waals surface area contributed by atoms with E-state index in [-0.39, 0.29) is 70.7 Å². The Morgan fingerprint density at radius 2 is 1.07 bits per heavy atom. The third-order valence-corrected chi connectivity index (χ3v) is 14.1. The van der Waals surface area contributed by atoms with Crippen molar-refractivity contribution in [2.75, 3.05) is 44.0 Å². The fourth-order valence-corrected chi connectivity index (χ4v) is 9.51. The van der Waals surface area contributed by atoms with Crippen molar-refractivity contribution in [1.82, 2.24) is 24.4 Å². The molecule has 4 aromatic carbocycles. The molecule has 2 aromatic heterocycles. The summed E-state index contributed by atoms with van der Waals surface area (Å²) in [6.07, 6.45) is 8.48. The number of sulfonamides is 2. The molecule has 360 valence electrons. The predicted molar refractivity (Wildman–Crippen MR) is 272 cm³/mol. The summed E-state index contributed by atoms with van der Waals surface area (Å²) in [7, 11) is -6.72. The van der Waals surface area contributed by atoms with Gasteiger partial charge in [-0.05, 0) is 71.0 Å². The van der Waals surface area contributed by atoms with Crippen LogP contribution in [0.4, 0.5) is 0 Å². The van der Waals surface area contributed by atoms with Crippen LogP contribution in [0.25, 0.3) is 22.5 Å². The molecular formula is C50H49Cl4N7O6S2. The molecule has 0 saturated carbocycles. The number of ether oxygens (including phenoxy) is 2. The van der Waals surface area contributed by atoms with E-state index in [0.29, 0.717) is 30.7 Å². The zero-order chi connectivity index (χ0) is 50.0. The molecule has 0 bridgehead atoms. The predicted octanol–water partition coefficient (Wildman–Crippen LogP) is 9.72. The zero-order valence-corrected chi connectivity index (χ0v) is 42.8. The van der Waals surface area contributed by atoms with Crippen molar-refractivity contribution in [3.05, 3.63) is 158 Å². The van der Waals surface area contributed by atoms with Crippen molar-refractivity contribution < 1.29 is 26.3 Å². The van der Waals surface area contributed by atoms with Crippen molar-refractivity contribution in [1.29, 1.82) is 10.5 Å². The highest BCUT2D eigenvalue weighted by molar-refractivity contribution is 7.89. The molecule has 69 heavy (non-hydrogen) atoms. The van der Waals surface area contributed by atoms with Crippen LogP contribution in [-0.4, -0.2) is 75.8 Å². The molecule has 6 rings (SSSR count). The Kier molecular flexibility index (Phi) is 17.7. The van der Waals surface area contributed by atoms with Crippen LogP contribution in [0.2, 0.25) is 10.0 Å². The van der Waals surface area contributed by atoms with E-state index < -0.39 is 30.9 Å². The number of rotatable bonds is 22.